The SMILES string of the molecule is C=CCC(N)(C1CCCCC1)C1CC1. The highest BCUT2D eigenvalue weighted by molar-refractivity contribution is 5.06. The third kappa shape index (κ3) is 1.88. The summed E-state index contributed by atoms with van der Waals surface area (Å²) in [4.78, 5) is 0. The van der Waals surface area contributed by atoms with Gasteiger partial charge in [0, 0.05) is 5.54 Å². The van der Waals surface area contributed by atoms with E-state index < -0.39 is 0 Å². The normalized spacial score (nSPS) is 28.4. The molecular weight excluding hydrogens is 170 g/mol. The molecule has 1 nitrogen and oxygen atoms in total. The minimum atomic E-state index is 0.113. The van der Waals surface area contributed by atoms with Gasteiger partial charge in [0.25, 0.3) is 0 Å². The Morgan fingerprint density at radius 1 is 1.07 bits per heavy atom. The van der Waals surface area contributed by atoms with Gasteiger partial charge in [0.2, 0.25) is 0 Å². The summed E-state index contributed by atoms with van der Waals surface area (Å²) in [5.41, 5.74) is 6.73. The summed E-state index contributed by atoms with van der Waals surface area (Å²) in [5.74, 6) is 1.59. The van der Waals surface area contributed by atoms with Crippen molar-refractivity contribution in [2.75, 3.05) is 0 Å². The van der Waals surface area contributed by atoms with E-state index in [1.54, 1.807) is 0 Å². The largest absolute Gasteiger partial charge is 0.324 e. The topological polar surface area (TPSA) is 26.0 Å². The van der Waals surface area contributed by atoms with Crippen LogP contribution in [0.1, 0.15) is 51.4 Å². The van der Waals surface area contributed by atoms with Crippen LogP contribution in [0.5, 0.6) is 0 Å². The first kappa shape index (κ1) is 10.2. The van der Waals surface area contributed by atoms with Gasteiger partial charge in [-0.25, -0.2) is 0 Å². The molecule has 0 aromatic heterocycles. The molecule has 2 aliphatic carbocycles. The predicted octanol–water partition coefficient (Wildman–Crippen LogP) is 3.25. The van der Waals surface area contributed by atoms with Crippen LogP contribution >= 0.6 is 0 Å². The van der Waals surface area contributed by atoms with E-state index >= 15 is 0 Å². The van der Waals surface area contributed by atoms with E-state index in [4.69, 9.17) is 5.73 Å². The van der Waals surface area contributed by atoms with Crippen LogP contribution in [0.4, 0.5) is 0 Å². The van der Waals surface area contributed by atoms with Crippen molar-refractivity contribution < 1.29 is 0 Å². The van der Waals surface area contributed by atoms with Crippen LogP contribution in [0.3, 0.4) is 0 Å². The van der Waals surface area contributed by atoms with Gasteiger partial charge in [-0.05, 0) is 43.9 Å². The molecule has 0 spiro atoms. The second kappa shape index (κ2) is 4.06. The molecule has 0 radical (unpaired) electrons. The van der Waals surface area contributed by atoms with E-state index in [2.05, 4.69) is 6.58 Å². The minimum Gasteiger partial charge on any atom is -0.324 e. The highest BCUT2D eigenvalue weighted by atomic mass is 14.8. The molecule has 2 aliphatic rings. The number of rotatable bonds is 4. The number of hydrogen-bond acceptors (Lipinski definition) is 1. The molecule has 0 amide bonds. The van der Waals surface area contributed by atoms with Crippen molar-refractivity contribution in [3.63, 3.8) is 0 Å². The van der Waals surface area contributed by atoms with Gasteiger partial charge in [0.1, 0.15) is 0 Å². The molecular formula is C13H23N. The van der Waals surface area contributed by atoms with Gasteiger partial charge >= 0.3 is 0 Å². The Labute approximate surface area is 87.8 Å². The molecule has 0 bridgehead atoms. The molecule has 2 N–H and O–H groups in total. The van der Waals surface area contributed by atoms with Crippen molar-refractivity contribution >= 4 is 0 Å². The van der Waals surface area contributed by atoms with Crippen molar-refractivity contribution in [1.29, 1.82) is 0 Å². The van der Waals surface area contributed by atoms with E-state index in [1.807, 2.05) is 6.08 Å². The number of hydrogen-bond donors (Lipinski definition) is 1. The lowest BCUT2D eigenvalue weighted by molar-refractivity contribution is 0.181. The average molecular weight is 193 g/mol. The Balaban J connectivity index is 2.03. The first-order chi connectivity index (χ1) is 6.77. The van der Waals surface area contributed by atoms with E-state index in [1.165, 1.54) is 44.9 Å². The molecule has 14 heavy (non-hydrogen) atoms. The summed E-state index contributed by atoms with van der Waals surface area (Å²) in [6, 6.07) is 0. The zero-order valence-electron chi connectivity index (χ0n) is 9.17. The van der Waals surface area contributed by atoms with Gasteiger partial charge in [-0.3, -0.25) is 0 Å². The summed E-state index contributed by atoms with van der Waals surface area (Å²) in [5, 5.41) is 0. The van der Waals surface area contributed by atoms with Crippen LogP contribution in [-0.2, 0) is 0 Å². The Morgan fingerprint density at radius 3 is 2.14 bits per heavy atom. The van der Waals surface area contributed by atoms with Crippen LogP contribution in [-0.4, -0.2) is 5.54 Å². The fraction of sp³-hybridized carbons (Fsp3) is 0.846. The third-order valence-electron chi connectivity index (χ3n) is 4.20. The molecule has 0 aromatic rings. The van der Waals surface area contributed by atoms with Crippen LogP contribution < -0.4 is 5.73 Å². The molecule has 80 valence electrons. The molecule has 2 rings (SSSR count). The van der Waals surface area contributed by atoms with E-state index in [-0.39, 0.29) is 5.54 Å². The maximum absolute atomic E-state index is 6.62. The molecule has 0 aliphatic heterocycles. The van der Waals surface area contributed by atoms with Crippen molar-refractivity contribution in [2.24, 2.45) is 17.6 Å². The lowest BCUT2D eigenvalue weighted by Gasteiger charge is -2.39. The second-order valence-electron chi connectivity index (χ2n) is 5.21. The summed E-state index contributed by atoms with van der Waals surface area (Å²) >= 11 is 0. The molecule has 0 aromatic carbocycles. The van der Waals surface area contributed by atoms with Gasteiger partial charge in [-0.1, -0.05) is 25.3 Å². The summed E-state index contributed by atoms with van der Waals surface area (Å²) in [6.07, 6.45) is 12.7. The van der Waals surface area contributed by atoms with Crippen LogP contribution in [0.2, 0.25) is 0 Å². The maximum Gasteiger partial charge on any atom is 0.0246 e. The van der Waals surface area contributed by atoms with Gasteiger partial charge in [0.05, 0.1) is 0 Å². The third-order valence-corrected chi connectivity index (χ3v) is 4.20. The first-order valence-corrected chi connectivity index (χ1v) is 6.17. The lowest BCUT2D eigenvalue weighted by atomic mass is 9.71. The molecule has 1 atom stereocenters. The summed E-state index contributed by atoms with van der Waals surface area (Å²) in [6.45, 7) is 3.87. The van der Waals surface area contributed by atoms with E-state index in [9.17, 15) is 0 Å². The zero-order valence-corrected chi connectivity index (χ0v) is 9.17. The fourth-order valence-electron chi connectivity index (χ4n) is 3.18. The molecule has 1 unspecified atom stereocenters. The smallest absolute Gasteiger partial charge is 0.0246 e. The molecule has 0 heterocycles. The van der Waals surface area contributed by atoms with Gasteiger partial charge in [-0.2, -0.15) is 0 Å². The Morgan fingerprint density at radius 2 is 1.64 bits per heavy atom. The Hall–Kier alpha value is -0.300. The standard InChI is InChI=1S/C13H23N/c1-2-10-13(14,12-8-9-12)11-6-4-3-5-7-11/h2,11-12H,1,3-10,14H2. The quantitative estimate of drug-likeness (QED) is 0.681. The molecule has 2 saturated carbocycles. The van der Waals surface area contributed by atoms with Crippen LogP contribution in [0.25, 0.3) is 0 Å². The molecule has 2 fully saturated rings. The average Bonchev–Trinajstić information content (AvgIpc) is 3.03. The van der Waals surface area contributed by atoms with Crippen molar-refractivity contribution in [3.05, 3.63) is 12.7 Å². The predicted molar refractivity (Wildman–Crippen MR) is 61.0 cm³/mol. The van der Waals surface area contributed by atoms with Crippen molar-refractivity contribution in [2.45, 2.75) is 56.9 Å². The summed E-state index contributed by atoms with van der Waals surface area (Å²) < 4.78 is 0. The Bertz CT molecular complexity index is 201. The monoisotopic (exact) mass is 193 g/mol. The van der Waals surface area contributed by atoms with Crippen molar-refractivity contribution in [3.8, 4) is 0 Å². The first-order valence-electron chi connectivity index (χ1n) is 6.17. The van der Waals surface area contributed by atoms with E-state index in [0.717, 1.165) is 18.3 Å². The fourth-order valence-corrected chi connectivity index (χ4v) is 3.18. The molecule has 1 heteroatoms. The van der Waals surface area contributed by atoms with Gasteiger partial charge in [-0.15, -0.1) is 6.58 Å². The lowest BCUT2D eigenvalue weighted by Crippen LogP contribution is -2.49. The number of nitrogens with two attached hydrogens (primary N) is 1. The minimum absolute atomic E-state index is 0.113. The van der Waals surface area contributed by atoms with Gasteiger partial charge in [0.15, 0.2) is 0 Å². The Kier molecular flexibility index (Phi) is 2.96. The summed E-state index contributed by atoms with van der Waals surface area (Å²) in [7, 11) is 0. The highest BCUT2D eigenvalue weighted by Gasteiger charge is 2.46. The zero-order chi connectivity index (χ0) is 10.0. The van der Waals surface area contributed by atoms with Crippen LogP contribution in [0.15, 0.2) is 12.7 Å². The molecule has 0 saturated heterocycles. The highest BCUT2D eigenvalue weighted by Crippen LogP contribution is 2.48. The second-order valence-corrected chi connectivity index (χ2v) is 5.21. The van der Waals surface area contributed by atoms with Gasteiger partial charge < -0.3 is 5.73 Å². The van der Waals surface area contributed by atoms with Crippen LogP contribution in [0, 0.1) is 11.8 Å². The maximum atomic E-state index is 6.62. The van der Waals surface area contributed by atoms with E-state index in [0.29, 0.717) is 0 Å². The van der Waals surface area contributed by atoms with Crippen molar-refractivity contribution in [1.82, 2.24) is 0 Å².